The van der Waals surface area contributed by atoms with E-state index in [2.05, 4.69) is 32.0 Å². The number of hydrogen-bond donors (Lipinski definition) is 6. The maximum Gasteiger partial charge on any atom is 0.242 e. The fourth-order valence-corrected chi connectivity index (χ4v) is 4.76. The Morgan fingerprint density at radius 1 is 1.18 bits per heavy atom. The molecule has 0 aliphatic carbocycles. The predicted octanol–water partition coefficient (Wildman–Crippen LogP) is -0.740. The summed E-state index contributed by atoms with van der Waals surface area (Å²) in [5.41, 5.74) is 11.8. The second-order valence-corrected chi connectivity index (χ2v) is 10.2. The lowest BCUT2D eigenvalue weighted by atomic mass is 10.00. The van der Waals surface area contributed by atoms with Crippen LogP contribution in [-0.2, 0) is 24.0 Å². The van der Waals surface area contributed by atoms with Gasteiger partial charge >= 0.3 is 0 Å². The van der Waals surface area contributed by atoms with Crippen LogP contribution in [-0.4, -0.2) is 72.5 Å². The average Bonchev–Trinajstić information content (AvgIpc) is 3.32. The number of nitrogens with two attached hydrogens (primary N) is 2. The molecule has 3 atom stereocenters. The average molecular weight is 562 g/mol. The number of hydrogen-bond acceptors (Lipinski definition) is 9. The molecular formula is C25H35N7O6S. The second-order valence-electron chi connectivity index (χ2n) is 9.14. The molecule has 14 heteroatoms. The molecule has 5 amide bonds. The summed E-state index contributed by atoms with van der Waals surface area (Å²) in [6, 6.07) is 3.83. The van der Waals surface area contributed by atoms with E-state index >= 15 is 0 Å². The number of rotatable bonds is 4. The predicted molar refractivity (Wildman–Crippen MR) is 146 cm³/mol. The summed E-state index contributed by atoms with van der Waals surface area (Å²) >= 11 is 1.24. The zero-order valence-electron chi connectivity index (χ0n) is 22.0. The van der Waals surface area contributed by atoms with Gasteiger partial charge in [-0.25, -0.2) is 4.98 Å². The highest BCUT2D eigenvalue weighted by Crippen LogP contribution is 2.23. The number of carbonyl (C=O) groups excluding carboxylic acids is 6. The Balaban J connectivity index is 0.00000170. The normalized spacial score (nSPS) is 21.1. The lowest BCUT2D eigenvalue weighted by Crippen LogP contribution is -2.52. The topological polar surface area (TPSA) is 215 Å². The van der Waals surface area contributed by atoms with Gasteiger partial charge < -0.3 is 32.7 Å². The maximum atomic E-state index is 12.9. The minimum atomic E-state index is -1.08. The van der Waals surface area contributed by atoms with Gasteiger partial charge in [0.25, 0.3) is 0 Å². The van der Waals surface area contributed by atoms with Crippen LogP contribution < -0.4 is 32.7 Å². The number of Topliss-reactive ketones (excluding diaryl/α,β-unsaturated/α-hetero) is 1. The number of aryl methyl sites for hydroxylation is 1. The van der Waals surface area contributed by atoms with Gasteiger partial charge in [-0.05, 0) is 50.3 Å². The summed E-state index contributed by atoms with van der Waals surface area (Å²) in [7, 11) is 0. The van der Waals surface area contributed by atoms with Crippen LogP contribution in [0.2, 0.25) is 0 Å². The molecule has 3 unspecified atom stereocenters. The summed E-state index contributed by atoms with van der Waals surface area (Å²) in [5, 5.41) is 10.6. The molecule has 1 aliphatic heterocycles. The Morgan fingerprint density at radius 3 is 2.62 bits per heavy atom. The first-order valence-electron chi connectivity index (χ1n) is 12.5. The van der Waals surface area contributed by atoms with E-state index in [1.807, 2.05) is 25.1 Å². The van der Waals surface area contributed by atoms with Gasteiger partial charge in [0.15, 0.2) is 5.01 Å². The molecule has 0 bridgehead atoms. The van der Waals surface area contributed by atoms with Gasteiger partial charge in [0.2, 0.25) is 35.8 Å². The minimum Gasteiger partial charge on any atom is -0.372 e. The van der Waals surface area contributed by atoms with Crippen molar-refractivity contribution in [1.29, 1.82) is 0 Å². The standard InChI is InChI=1S/C24H32N6O5S.CH3NO/c1-13-6-7-16-19(9-13)36-24(30-16)18(31)11-27-23(35)17-10-14(2)21(33)26-8-4-3-5-15(25)22(34)28-12-20(32)29-17;2-1-3/h6-7,9,14-15,17H,3-5,8,10-12,25H2,1-2H3,(H,26,33)(H,27,35)(H,28,34)(H,29,32);1H,(H2,2,3). The van der Waals surface area contributed by atoms with Crippen molar-refractivity contribution in [2.75, 3.05) is 19.6 Å². The number of fused-ring (bicyclic) bond motifs is 1. The molecule has 1 aromatic carbocycles. The highest BCUT2D eigenvalue weighted by atomic mass is 32.1. The number of aromatic nitrogens is 1. The highest BCUT2D eigenvalue weighted by molar-refractivity contribution is 7.20. The van der Waals surface area contributed by atoms with Gasteiger partial charge in [-0.15, -0.1) is 11.3 Å². The molecule has 8 N–H and O–H groups in total. The number of nitrogens with zero attached hydrogens (tertiary/aromatic N) is 1. The first-order valence-corrected chi connectivity index (χ1v) is 13.3. The molecule has 1 aliphatic rings. The van der Waals surface area contributed by atoms with Crippen molar-refractivity contribution in [3.05, 3.63) is 28.8 Å². The fourth-order valence-electron chi connectivity index (χ4n) is 3.76. The Bertz CT molecular complexity index is 1200. The van der Waals surface area contributed by atoms with E-state index < -0.39 is 35.7 Å². The second kappa shape index (κ2) is 15.5. The van der Waals surface area contributed by atoms with Crippen LogP contribution in [0.3, 0.4) is 0 Å². The van der Waals surface area contributed by atoms with E-state index in [0.29, 0.717) is 31.3 Å². The molecule has 212 valence electrons. The number of amides is 5. The Morgan fingerprint density at radius 2 is 1.90 bits per heavy atom. The third-order valence-electron chi connectivity index (χ3n) is 5.90. The zero-order chi connectivity index (χ0) is 28.9. The Labute approximate surface area is 229 Å². The van der Waals surface area contributed by atoms with Gasteiger partial charge in [0.1, 0.15) is 6.04 Å². The van der Waals surface area contributed by atoms with E-state index in [1.54, 1.807) is 6.92 Å². The Hall–Kier alpha value is -3.91. The van der Waals surface area contributed by atoms with Crippen molar-refractivity contribution in [3.8, 4) is 0 Å². The van der Waals surface area contributed by atoms with Crippen molar-refractivity contribution in [2.45, 2.75) is 51.6 Å². The van der Waals surface area contributed by atoms with E-state index in [4.69, 9.17) is 10.5 Å². The van der Waals surface area contributed by atoms with Crippen molar-refractivity contribution in [1.82, 2.24) is 26.3 Å². The summed E-state index contributed by atoms with van der Waals surface area (Å²) in [6.07, 6.45) is 1.98. The zero-order valence-corrected chi connectivity index (χ0v) is 22.8. The van der Waals surface area contributed by atoms with Gasteiger partial charge in [-0.3, -0.25) is 28.8 Å². The van der Waals surface area contributed by atoms with Crippen LogP contribution in [0.4, 0.5) is 0 Å². The van der Waals surface area contributed by atoms with E-state index in [0.717, 1.165) is 10.3 Å². The number of carbonyl (C=O) groups is 6. The highest BCUT2D eigenvalue weighted by Gasteiger charge is 2.27. The summed E-state index contributed by atoms with van der Waals surface area (Å²) < 4.78 is 0.875. The Kier molecular flexibility index (Phi) is 12.4. The summed E-state index contributed by atoms with van der Waals surface area (Å²) in [6.45, 7) is 3.35. The number of ketones is 1. The molecule has 39 heavy (non-hydrogen) atoms. The largest absolute Gasteiger partial charge is 0.372 e. The summed E-state index contributed by atoms with van der Waals surface area (Å²) in [4.78, 5) is 75.5. The van der Waals surface area contributed by atoms with Crippen molar-refractivity contribution in [2.24, 2.45) is 17.4 Å². The van der Waals surface area contributed by atoms with Gasteiger partial charge in [0, 0.05) is 12.5 Å². The van der Waals surface area contributed by atoms with E-state index in [9.17, 15) is 24.0 Å². The number of benzene rings is 1. The first-order chi connectivity index (χ1) is 18.5. The molecule has 2 aromatic rings. The summed E-state index contributed by atoms with van der Waals surface area (Å²) in [5.74, 6) is -2.87. The van der Waals surface area contributed by atoms with Crippen molar-refractivity contribution >= 4 is 57.4 Å². The molecule has 3 rings (SSSR count). The van der Waals surface area contributed by atoms with Gasteiger partial charge in [-0.1, -0.05) is 13.0 Å². The lowest BCUT2D eigenvalue weighted by molar-refractivity contribution is -0.131. The van der Waals surface area contributed by atoms with Crippen LogP contribution in [0.1, 0.15) is 48.0 Å². The molecule has 1 fully saturated rings. The van der Waals surface area contributed by atoms with Gasteiger partial charge in [0.05, 0.1) is 29.3 Å². The molecule has 13 nitrogen and oxygen atoms in total. The quantitative estimate of drug-likeness (QED) is 0.206. The minimum absolute atomic E-state index is 0.0193. The van der Waals surface area contributed by atoms with E-state index in [-0.39, 0.29) is 42.6 Å². The number of primary amides is 1. The molecule has 0 radical (unpaired) electrons. The van der Waals surface area contributed by atoms with Crippen LogP contribution in [0.15, 0.2) is 18.2 Å². The van der Waals surface area contributed by atoms with Crippen molar-refractivity contribution < 1.29 is 28.8 Å². The molecular weight excluding hydrogens is 526 g/mol. The van der Waals surface area contributed by atoms with Crippen LogP contribution in [0.25, 0.3) is 10.2 Å². The van der Waals surface area contributed by atoms with Crippen LogP contribution >= 0.6 is 11.3 Å². The lowest BCUT2D eigenvalue weighted by Gasteiger charge is -2.21. The number of nitrogens with one attached hydrogen (secondary N) is 4. The molecule has 1 saturated heterocycles. The molecule has 1 aromatic heterocycles. The monoisotopic (exact) mass is 561 g/mol. The molecule has 0 saturated carbocycles. The fraction of sp³-hybridized carbons (Fsp3) is 0.480. The third-order valence-corrected chi connectivity index (χ3v) is 6.95. The first kappa shape index (κ1) is 31.3. The molecule has 0 spiro atoms. The smallest absolute Gasteiger partial charge is 0.242 e. The maximum absolute atomic E-state index is 12.9. The van der Waals surface area contributed by atoms with Gasteiger partial charge in [-0.2, -0.15) is 0 Å². The van der Waals surface area contributed by atoms with Crippen molar-refractivity contribution in [3.63, 3.8) is 0 Å². The number of thiazole rings is 1. The van der Waals surface area contributed by atoms with E-state index in [1.165, 1.54) is 11.3 Å². The van der Waals surface area contributed by atoms with Crippen LogP contribution in [0, 0.1) is 12.8 Å². The molecule has 2 heterocycles. The third kappa shape index (κ3) is 10.1. The SMILES string of the molecule is Cc1ccc2nc(C(=O)CNC(=O)C3CC(C)C(=O)NCCCCC(N)C(=O)NCC(=O)N3)sc2c1.NC=O. The van der Waals surface area contributed by atoms with Crippen LogP contribution in [0.5, 0.6) is 0 Å².